The predicted octanol–water partition coefficient (Wildman–Crippen LogP) is -4.28. The Labute approximate surface area is 96.5 Å². The molecule has 0 aliphatic rings. The third-order valence-electron chi connectivity index (χ3n) is 0.167. The van der Waals surface area contributed by atoms with Gasteiger partial charge in [-0.15, -0.1) is 0 Å². The normalized spacial score (nSPS) is 5.50. The van der Waals surface area contributed by atoms with Crippen LogP contribution >= 0.6 is 0 Å². The maximum absolute atomic E-state index is 8.93. The Morgan fingerprint density at radius 2 is 1.12 bits per heavy atom. The standard InChI is InChI=1S/C2H2O4.Al.Ba/c3-1(4)2(5)6;;/h(H,3,4)(H,5,6);;/q;+3;+2/p-2. The Morgan fingerprint density at radius 3 is 1.12 bits per heavy atom. The molecule has 0 aromatic rings. The van der Waals surface area contributed by atoms with Gasteiger partial charge < -0.3 is 19.8 Å². The molecule has 0 N–H and O–H groups in total. The zero-order chi connectivity index (χ0) is 5.15. The zero-order valence-electron chi connectivity index (χ0n) is 3.92. The van der Waals surface area contributed by atoms with Crippen molar-refractivity contribution in [3.63, 3.8) is 0 Å². The quantitative estimate of drug-likeness (QED) is 0.323. The summed E-state index contributed by atoms with van der Waals surface area (Å²) in [5, 5.41) is 17.9. The second kappa shape index (κ2) is 8.04. The van der Waals surface area contributed by atoms with Gasteiger partial charge in [-0.2, -0.15) is 0 Å². The van der Waals surface area contributed by atoms with Crippen LogP contribution < -0.4 is 10.2 Å². The molecule has 0 aliphatic heterocycles. The average molecular weight is 252 g/mol. The van der Waals surface area contributed by atoms with Crippen molar-refractivity contribution in [3.8, 4) is 0 Å². The van der Waals surface area contributed by atoms with E-state index in [0.29, 0.717) is 0 Å². The van der Waals surface area contributed by atoms with Gasteiger partial charge in [-0.25, -0.2) is 0 Å². The zero-order valence-corrected chi connectivity index (χ0v) is 9.51. The first-order valence-electron chi connectivity index (χ1n) is 1.07. The van der Waals surface area contributed by atoms with Crippen molar-refractivity contribution >= 4 is 78.2 Å². The monoisotopic (exact) mass is 253 g/mol. The summed E-state index contributed by atoms with van der Waals surface area (Å²) in [5.41, 5.74) is 0. The molecule has 6 heteroatoms. The summed E-state index contributed by atoms with van der Waals surface area (Å²) < 4.78 is 0. The van der Waals surface area contributed by atoms with E-state index in [4.69, 9.17) is 19.8 Å². The molecule has 0 saturated carbocycles. The van der Waals surface area contributed by atoms with Crippen LogP contribution in [0.4, 0.5) is 0 Å². The molecule has 0 rings (SSSR count). The van der Waals surface area contributed by atoms with E-state index in [-0.39, 0.29) is 66.2 Å². The van der Waals surface area contributed by atoms with Crippen LogP contribution in [0.25, 0.3) is 0 Å². The summed E-state index contributed by atoms with van der Waals surface area (Å²) in [6, 6.07) is 0. The van der Waals surface area contributed by atoms with Gasteiger partial charge >= 0.3 is 66.2 Å². The van der Waals surface area contributed by atoms with Gasteiger partial charge in [0, 0.05) is 0 Å². The fraction of sp³-hybridized carbons (Fsp3) is 0. The van der Waals surface area contributed by atoms with Gasteiger partial charge in [-0.3, -0.25) is 0 Å². The molecular weight excluding hydrogens is 252 g/mol. The van der Waals surface area contributed by atoms with E-state index >= 15 is 0 Å². The second-order valence-corrected chi connectivity index (χ2v) is 0.575. The van der Waals surface area contributed by atoms with Crippen molar-refractivity contribution in [2.75, 3.05) is 0 Å². The number of carbonyl (C=O) groups excluding carboxylic acids is 2. The number of rotatable bonds is 0. The molecule has 0 aromatic heterocycles. The van der Waals surface area contributed by atoms with Crippen LogP contribution in [-0.2, 0) is 9.59 Å². The molecule has 0 fully saturated rings. The number of carbonyl (C=O) groups is 2. The van der Waals surface area contributed by atoms with Crippen LogP contribution in [0.2, 0.25) is 0 Å². The summed E-state index contributed by atoms with van der Waals surface area (Å²) in [5.74, 6) is -4.37. The summed E-state index contributed by atoms with van der Waals surface area (Å²) in [6.45, 7) is 0. The molecule has 0 heterocycles. The van der Waals surface area contributed by atoms with Crippen molar-refractivity contribution in [1.82, 2.24) is 0 Å². The summed E-state index contributed by atoms with van der Waals surface area (Å²) in [6.07, 6.45) is 0. The van der Waals surface area contributed by atoms with Gasteiger partial charge in [0.05, 0.1) is 11.9 Å². The van der Waals surface area contributed by atoms with Gasteiger partial charge in [0.25, 0.3) is 0 Å². The molecule has 0 bridgehead atoms. The SMILES string of the molecule is O=C([O-])C(=O)[O-].[Al+3].[Ba+2]. The van der Waals surface area contributed by atoms with Crippen LogP contribution in [0.5, 0.6) is 0 Å². The molecule has 0 radical (unpaired) electrons. The average Bonchev–Trinajstić information content (AvgIpc) is 1.36. The van der Waals surface area contributed by atoms with Crippen molar-refractivity contribution < 1.29 is 19.8 Å². The molecule has 0 aliphatic carbocycles. The van der Waals surface area contributed by atoms with Crippen LogP contribution in [0.3, 0.4) is 0 Å². The van der Waals surface area contributed by atoms with Crippen molar-refractivity contribution in [2.24, 2.45) is 0 Å². The minimum absolute atomic E-state index is 0. The molecule has 8 heavy (non-hydrogen) atoms. The number of carboxylic acids is 2. The predicted molar refractivity (Wildman–Crippen MR) is 21.5 cm³/mol. The number of aliphatic carboxylic acids is 2. The number of hydrogen-bond donors (Lipinski definition) is 0. The second-order valence-electron chi connectivity index (χ2n) is 0.575. The Bertz CT molecular complexity index is 80.0. The third kappa shape index (κ3) is 10.1. The fourth-order valence-electron chi connectivity index (χ4n) is 0. The van der Waals surface area contributed by atoms with Crippen LogP contribution in [0, 0.1) is 0 Å². The van der Waals surface area contributed by atoms with E-state index in [0.717, 1.165) is 0 Å². The van der Waals surface area contributed by atoms with Gasteiger partial charge in [0.15, 0.2) is 0 Å². The van der Waals surface area contributed by atoms with Crippen molar-refractivity contribution in [2.45, 2.75) is 0 Å². The third-order valence-corrected chi connectivity index (χ3v) is 0.167. The molecule has 0 atom stereocenters. The summed E-state index contributed by atoms with van der Waals surface area (Å²) in [7, 11) is 0. The Morgan fingerprint density at radius 1 is 1.00 bits per heavy atom. The van der Waals surface area contributed by atoms with Crippen molar-refractivity contribution in [1.29, 1.82) is 0 Å². The maximum Gasteiger partial charge on any atom is 3.00 e. The molecule has 0 spiro atoms. The van der Waals surface area contributed by atoms with E-state index in [2.05, 4.69) is 0 Å². The van der Waals surface area contributed by atoms with E-state index in [1.807, 2.05) is 0 Å². The van der Waals surface area contributed by atoms with Crippen LogP contribution in [0.1, 0.15) is 0 Å². The van der Waals surface area contributed by atoms with Gasteiger partial charge in [0.2, 0.25) is 0 Å². The van der Waals surface area contributed by atoms with E-state index < -0.39 is 11.9 Å². The van der Waals surface area contributed by atoms with Crippen LogP contribution in [-0.4, -0.2) is 78.2 Å². The minimum atomic E-state index is -2.19. The topological polar surface area (TPSA) is 80.3 Å². The van der Waals surface area contributed by atoms with E-state index in [1.165, 1.54) is 0 Å². The van der Waals surface area contributed by atoms with Gasteiger partial charge in [0.1, 0.15) is 0 Å². The molecule has 0 saturated heterocycles. The van der Waals surface area contributed by atoms with E-state index in [9.17, 15) is 0 Å². The van der Waals surface area contributed by atoms with Gasteiger partial charge in [-0.1, -0.05) is 0 Å². The summed E-state index contributed by atoms with van der Waals surface area (Å²) >= 11 is 0. The van der Waals surface area contributed by atoms with E-state index in [1.54, 1.807) is 0 Å². The fourth-order valence-corrected chi connectivity index (χ4v) is 0. The first kappa shape index (κ1) is 16.0. The Kier molecular flexibility index (Phi) is 16.1. The first-order valence-corrected chi connectivity index (χ1v) is 1.07. The first-order chi connectivity index (χ1) is 2.64. The molecule has 4 nitrogen and oxygen atoms in total. The minimum Gasteiger partial charge on any atom is -0.543 e. The maximum atomic E-state index is 8.93. The largest absolute Gasteiger partial charge is 3.00 e. The molecule has 0 amide bonds. The molecule has 34 valence electrons. The van der Waals surface area contributed by atoms with Crippen molar-refractivity contribution in [3.05, 3.63) is 0 Å². The smallest absolute Gasteiger partial charge is 0.543 e. The van der Waals surface area contributed by atoms with Crippen LogP contribution in [0.15, 0.2) is 0 Å². The number of carboxylic acid groups (broad SMARTS) is 2. The molecule has 0 unspecified atom stereocenters. The number of hydrogen-bond acceptors (Lipinski definition) is 4. The molecule has 0 aromatic carbocycles. The Balaban J connectivity index is -0.000000125. The Hall–Kier alpha value is 1.04. The molecular formula is C2AlBaO4+3. The summed E-state index contributed by atoms with van der Waals surface area (Å²) in [4.78, 5) is 17.9. The van der Waals surface area contributed by atoms with Gasteiger partial charge in [-0.05, 0) is 0 Å².